The van der Waals surface area contributed by atoms with Crippen molar-refractivity contribution in [3.8, 4) is 5.82 Å². The first-order valence-electron chi connectivity index (χ1n) is 5.14. The summed E-state index contributed by atoms with van der Waals surface area (Å²) in [4.78, 5) is 5.58. The van der Waals surface area contributed by atoms with Crippen molar-refractivity contribution in [2.75, 3.05) is 6.54 Å². The van der Waals surface area contributed by atoms with E-state index in [2.05, 4.69) is 37.1 Å². The zero-order chi connectivity index (χ0) is 11.8. The molecule has 0 saturated carbocycles. The van der Waals surface area contributed by atoms with Gasteiger partial charge in [-0.15, -0.1) is 11.3 Å². The lowest BCUT2D eigenvalue weighted by molar-refractivity contribution is 0.816. The molecule has 3 aromatic rings. The van der Waals surface area contributed by atoms with Crippen molar-refractivity contribution in [2.24, 2.45) is 5.73 Å². The molecule has 88 valence electrons. The predicted molar refractivity (Wildman–Crippen MR) is 75.7 cm³/mol. The van der Waals surface area contributed by atoms with E-state index in [9.17, 15) is 0 Å². The van der Waals surface area contributed by atoms with Crippen LogP contribution in [0.2, 0.25) is 0 Å². The summed E-state index contributed by atoms with van der Waals surface area (Å²) in [7, 11) is 0. The fraction of sp³-hybridized carbons (Fsp3) is 0.200. The molecule has 0 aliphatic heterocycles. The van der Waals surface area contributed by atoms with Gasteiger partial charge in [0.1, 0.15) is 0 Å². The summed E-state index contributed by atoms with van der Waals surface area (Å²) in [5.41, 5.74) is 6.78. The molecule has 3 aromatic heterocycles. The number of halogens is 1. The smallest absolute Gasteiger partial charge is 0.195 e. The zero-order valence-electron chi connectivity index (χ0n) is 8.88. The van der Waals surface area contributed by atoms with Gasteiger partial charge in [-0.25, -0.2) is 4.68 Å². The Bertz CT molecular complexity index is 653. The molecule has 0 radical (unpaired) electrons. The Kier molecular flexibility index (Phi) is 2.89. The normalized spacial score (nSPS) is 11.4. The molecule has 3 heterocycles. The number of imidazole rings is 1. The van der Waals surface area contributed by atoms with E-state index in [1.54, 1.807) is 11.3 Å². The summed E-state index contributed by atoms with van der Waals surface area (Å²) in [6, 6.07) is 0. The van der Waals surface area contributed by atoms with Crippen LogP contribution in [-0.2, 0) is 6.42 Å². The van der Waals surface area contributed by atoms with Crippen molar-refractivity contribution in [1.82, 2.24) is 19.2 Å². The van der Waals surface area contributed by atoms with Crippen molar-refractivity contribution in [2.45, 2.75) is 6.42 Å². The lowest BCUT2D eigenvalue weighted by Crippen LogP contribution is -2.08. The van der Waals surface area contributed by atoms with Crippen LogP contribution in [0.25, 0.3) is 10.8 Å². The first-order valence-corrected chi connectivity index (χ1v) is 7.10. The lowest BCUT2D eigenvalue weighted by atomic mass is 10.3. The quantitative estimate of drug-likeness (QED) is 0.724. The number of aromatic nitrogens is 4. The number of hydrogen-bond donors (Lipinski definition) is 1. The van der Waals surface area contributed by atoms with Gasteiger partial charge in [-0.1, -0.05) is 0 Å². The number of rotatable bonds is 3. The highest BCUT2D eigenvalue weighted by Gasteiger charge is 2.14. The van der Waals surface area contributed by atoms with Crippen LogP contribution in [0.15, 0.2) is 24.0 Å². The second-order valence-electron chi connectivity index (χ2n) is 3.58. The van der Waals surface area contributed by atoms with Crippen LogP contribution in [-0.4, -0.2) is 25.7 Å². The molecule has 0 aliphatic rings. The van der Waals surface area contributed by atoms with E-state index < -0.39 is 0 Å². The molecule has 0 aliphatic carbocycles. The van der Waals surface area contributed by atoms with Crippen molar-refractivity contribution >= 4 is 38.9 Å². The number of thiazole rings is 1. The Hall–Kier alpha value is -0.930. The van der Waals surface area contributed by atoms with Gasteiger partial charge < -0.3 is 5.73 Å². The zero-order valence-corrected chi connectivity index (χ0v) is 11.9. The van der Waals surface area contributed by atoms with E-state index in [1.807, 2.05) is 28.7 Å². The highest BCUT2D eigenvalue weighted by Crippen LogP contribution is 2.21. The van der Waals surface area contributed by atoms with Crippen LogP contribution < -0.4 is 5.73 Å². The number of fused-ring (bicyclic) bond motifs is 1. The Morgan fingerprint density at radius 2 is 2.35 bits per heavy atom. The Labute approximate surface area is 115 Å². The summed E-state index contributed by atoms with van der Waals surface area (Å²) in [6.45, 7) is 0.606. The van der Waals surface area contributed by atoms with E-state index in [1.165, 1.54) is 0 Å². The average Bonchev–Trinajstić information content (AvgIpc) is 2.95. The standard InChI is InChI=1S/C10H10IN5S/c11-7-5-13-16(6-7)9-8(1-2-12)15-3-4-17-10(15)14-9/h3-6H,1-2,12H2. The molecular formula is C10H10IN5S. The van der Waals surface area contributed by atoms with Crippen LogP contribution in [0.4, 0.5) is 0 Å². The van der Waals surface area contributed by atoms with Crippen molar-refractivity contribution in [1.29, 1.82) is 0 Å². The Morgan fingerprint density at radius 1 is 1.47 bits per heavy atom. The third kappa shape index (κ3) is 1.87. The largest absolute Gasteiger partial charge is 0.330 e. The van der Waals surface area contributed by atoms with E-state index >= 15 is 0 Å². The predicted octanol–water partition coefficient (Wildman–Crippen LogP) is 1.69. The maximum Gasteiger partial charge on any atom is 0.195 e. The molecule has 5 nitrogen and oxygen atoms in total. The summed E-state index contributed by atoms with van der Waals surface area (Å²) in [6.07, 6.45) is 6.60. The first-order chi connectivity index (χ1) is 8.29. The highest BCUT2D eigenvalue weighted by molar-refractivity contribution is 14.1. The third-order valence-electron chi connectivity index (χ3n) is 2.49. The average molecular weight is 359 g/mol. The maximum atomic E-state index is 5.66. The van der Waals surface area contributed by atoms with Gasteiger partial charge in [-0.3, -0.25) is 4.40 Å². The Morgan fingerprint density at radius 3 is 3.06 bits per heavy atom. The molecule has 0 amide bonds. The SMILES string of the molecule is NCCc1c(-n2cc(I)cn2)nc2sccn12. The fourth-order valence-electron chi connectivity index (χ4n) is 1.79. The van der Waals surface area contributed by atoms with Gasteiger partial charge in [-0.2, -0.15) is 10.1 Å². The molecule has 0 saturated heterocycles. The summed E-state index contributed by atoms with van der Waals surface area (Å²) >= 11 is 3.86. The highest BCUT2D eigenvalue weighted by atomic mass is 127. The van der Waals surface area contributed by atoms with Crippen molar-refractivity contribution < 1.29 is 0 Å². The molecule has 2 N–H and O–H groups in total. The first kappa shape index (κ1) is 11.2. The number of nitrogens with zero attached hydrogens (tertiary/aromatic N) is 4. The molecule has 0 aromatic carbocycles. The minimum atomic E-state index is 0.606. The van der Waals surface area contributed by atoms with Crippen LogP contribution in [0.5, 0.6) is 0 Å². The fourth-order valence-corrected chi connectivity index (χ4v) is 2.91. The Balaban J connectivity index is 2.20. The number of nitrogens with two attached hydrogens (primary N) is 1. The minimum absolute atomic E-state index is 0.606. The van der Waals surface area contributed by atoms with E-state index in [4.69, 9.17) is 5.73 Å². The minimum Gasteiger partial charge on any atom is -0.330 e. The van der Waals surface area contributed by atoms with Crippen LogP contribution in [0.3, 0.4) is 0 Å². The lowest BCUT2D eigenvalue weighted by Gasteiger charge is -2.01. The number of hydrogen-bond acceptors (Lipinski definition) is 4. The summed E-state index contributed by atoms with van der Waals surface area (Å²) in [5, 5.41) is 6.33. The van der Waals surface area contributed by atoms with Crippen LogP contribution >= 0.6 is 33.9 Å². The van der Waals surface area contributed by atoms with Crippen molar-refractivity contribution in [3.63, 3.8) is 0 Å². The van der Waals surface area contributed by atoms with Crippen LogP contribution in [0, 0.1) is 3.57 Å². The van der Waals surface area contributed by atoms with Gasteiger partial charge in [0, 0.05) is 24.2 Å². The van der Waals surface area contributed by atoms with Crippen LogP contribution in [0.1, 0.15) is 5.69 Å². The maximum absolute atomic E-state index is 5.66. The molecule has 0 spiro atoms. The van der Waals surface area contributed by atoms with Gasteiger partial charge in [0.15, 0.2) is 10.8 Å². The monoisotopic (exact) mass is 359 g/mol. The second kappa shape index (κ2) is 4.39. The molecule has 0 bridgehead atoms. The van der Waals surface area contributed by atoms with Gasteiger partial charge in [0.2, 0.25) is 0 Å². The van der Waals surface area contributed by atoms with Gasteiger partial charge >= 0.3 is 0 Å². The second-order valence-corrected chi connectivity index (χ2v) is 5.70. The summed E-state index contributed by atoms with van der Waals surface area (Å²) in [5.74, 6) is 0.880. The third-order valence-corrected chi connectivity index (χ3v) is 3.80. The molecule has 17 heavy (non-hydrogen) atoms. The van der Waals surface area contributed by atoms with E-state index in [0.29, 0.717) is 6.54 Å². The van der Waals surface area contributed by atoms with Gasteiger partial charge in [0.25, 0.3) is 0 Å². The molecule has 0 fully saturated rings. The van der Waals surface area contributed by atoms with Gasteiger partial charge in [0.05, 0.1) is 15.5 Å². The van der Waals surface area contributed by atoms with Gasteiger partial charge in [-0.05, 0) is 29.1 Å². The van der Waals surface area contributed by atoms with E-state index in [0.717, 1.165) is 26.5 Å². The van der Waals surface area contributed by atoms with E-state index in [-0.39, 0.29) is 0 Å². The molecule has 0 atom stereocenters. The topological polar surface area (TPSA) is 61.1 Å². The molecule has 7 heteroatoms. The molecule has 3 rings (SSSR count). The van der Waals surface area contributed by atoms with Crippen molar-refractivity contribution in [3.05, 3.63) is 33.2 Å². The molecular weight excluding hydrogens is 349 g/mol. The molecule has 0 unspecified atom stereocenters. The summed E-state index contributed by atoms with van der Waals surface area (Å²) < 4.78 is 4.99.